The Hall–Kier alpha value is 7.98. The Morgan fingerprint density at radius 3 is 0.846 bits per heavy atom. The van der Waals surface area contributed by atoms with Gasteiger partial charge in [-0.05, 0) is 48.9 Å². The molecule has 0 radical (unpaired) electrons. The third-order valence-corrected chi connectivity index (χ3v) is 4.50. The number of rotatable bonds is 9. The quantitative estimate of drug-likeness (QED) is 0.0385. The minimum atomic E-state index is -0.981. The first kappa shape index (κ1) is 113. The molecule has 272 valence electrons. The average molecular weight is 1160 g/mol. The molecule has 0 aliphatic carbocycles. The van der Waals surface area contributed by atoms with Gasteiger partial charge in [-0.2, -0.15) is 37.9 Å². The minimum absolute atomic E-state index is 0. The molecule has 0 aromatic rings. The van der Waals surface area contributed by atoms with Crippen molar-refractivity contribution in [3.8, 4) is 0 Å². The Morgan fingerprint density at radius 2 is 0.788 bits per heavy atom. The first-order chi connectivity index (χ1) is 19.6. The Balaban J connectivity index is -0.0000000180. The van der Waals surface area contributed by atoms with Crippen LogP contribution in [0, 0.1) is 12.4 Å². The smallest absolute Gasteiger partial charge is 1.00 e. The summed E-state index contributed by atoms with van der Waals surface area (Å²) in [6.07, 6.45) is 1.24. The van der Waals surface area contributed by atoms with E-state index in [1.807, 2.05) is 8.63 Å². The molecule has 0 heterocycles. The second-order valence-corrected chi connectivity index (χ2v) is 16.0. The van der Waals surface area contributed by atoms with Crippen molar-refractivity contribution < 1.29 is 242 Å². The second kappa shape index (κ2) is 107. The fraction of sp³-hybridized carbons (Fsp3) is 0.333. The van der Waals surface area contributed by atoms with Crippen molar-refractivity contribution in [1.82, 2.24) is 0 Å². The second-order valence-electron chi connectivity index (χ2n) is 4.59. The minimum Gasteiger partial charge on any atom is -1.00 e. The summed E-state index contributed by atoms with van der Waals surface area (Å²) in [5, 5.41) is 31.7. The van der Waals surface area contributed by atoms with Crippen LogP contribution in [0.3, 0.4) is 0 Å². The summed E-state index contributed by atoms with van der Waals surface area (Å²) in [6, 6.07) is 0. The van der Waals surface area contributed by atoms with Crippen molar-refractivity contribution in [3.05, 3.63) is 12.7 Å². The van der Waals surface area contributed by atoms with E-state index < -0.39 is 23.9 Å². The zero-order valence-electron chi connectivity index (χ0n) is 28.3. The van der Waals surface area contributed by atoms with Gasteiger partial charge in [0, 0.05) is 32.0 Å². The zero-order valence-corrected chi connectivity index (χ0v) is 56.9. The average Bonchev–Trinajstić information content (AvgIpc) is 2.79. The van der Waals surface area contributed by atoms with Gasteiger partial charge < -0.3 is 146 Å². The molecule has 0 aromatic carbocycles. The van der Waals surface area contributed by atoms with Crippen LogP contribution >= 0.6 is 159 Å². The van der Waals surface area contributed by atoms with E-state index in [0.717, 1.165) is 6.08 Å². The third kappa shape index (κ3) is 302. The molecular weight excluding hydrogens is 1130 g/mol. The predicted octanol–water partition coefficient (Wildman–Crippen LogP) is -15.5. The molecule has 0 saturated carbocycles. The van der Waals surface area contributed by atoms with Gasteiger partial charge in [0.05, 0.1) is 31.7 Å². The van der Waals surface area contributed by atoms with E-state index in [4.69, 9.17) is 20.4 Å². The molecule has 8 nitrogen and oxygen atoms in total. The van der Waals surface area contributed by atoms with Crippen molar-refractivity contribution in [2.75, 3.05) is 17.3 Å². The molecule has 0 aromatic heterocycles. The maximum absolute atomic E-state index is 9.89. The van der Waals surface area contributed by atoms with Crippen LogP contribution in [0.4, 0.5) is 0 Å². The topological polar surface area (TPSA) is 149 Å². The van der Waals surface area contributed by atoms with Crippen LogP contribution in [0.2, 0.25) is 0 Å². The van der Waals surface area contributed by atoms with Gasteiger partial charge in [0.25, 0.3) is 0 Å². The van der Waals surface area contributed by atoms with E-state index in [1.165, 1.54) is 23.5 Å². The number of aliphatic carboxylic acids is 4. The van der Waals surface area contributed by atoms with Gasteiger partial charge in [0.15, 0.2) is 0 Å². The number of thioether (sulfide) groups is 2. The molecule has 0 atom stereocenters. The number of thiol groups is 4. The number of carbonyl (C=O) groups is 4. The summed E-state index contributed by atoms with van der Waals surface area (Å²) in [6.45, 7) is 2.96. The molecule has 0 unspecified atom stereocenters. The molecule has 52 heavy (non-hydrogen) atoms. The molecule has 34 heteroatoms. The van der Waals surface area contributed by atoms with E-state index in [2.05, 4.69) is 193 Å². The summed E-state index contributed by atoms with van der Waals surface area (Å²) in [7, 11) is 0. The summed E-state index contributed by atoms with van der Waals surface area (Å²) in [5.41, 5.74) is 0. The standard InChI is InChI=1S/2C4H6O2S3.C3H6O2S.C3H4O2.2CH2S3.2CS2.ClH2.ClH.6Na.H2S/c2*5-3(6)1-2-9-4(7)8;4-3(5)1-2-6;1-2-3(4)5;2*2-1(3)4;2*2-1-3;;;;;;;;;/h2*1-2H2,(H,5,6)(H,7,8);6H,1-2H2,(H,4,5);2H,1H2,(H,4,5);2*(H2,2,3,4);;;1H2;1H;;;;;;;1H2/q;;;;;;;;+1;;6*+1;/p-6. The van der Waals surface area contributed by atoms with Gasteiger partial charge >= 0.3 is 201 Å². The summed E-state index contributed by atoms with van der Waals surface area (Å²) in [4.78, 5) is 38.6. The van der Waals surface area contributed by atoms with Crippen LogP contribution in [-0.4, -0.2) is 84.3 Å². The Kier molecular flexibility index (Phi) is 233. The van der Waals surface area contributed by atoms with Gasteiger partial charge in [0.2, 0.25) is 0 Å². The van der Waals surface area contributed by atoms with Crippen LogP contribution in [0.5, 0.6) is 0 Å². The van der Waals surface area contributed by atoms with E-state index in [-0.39, 0.29) is 242 Å². The summed E-state index contributed by atoms with van der Waals surface area (Å²) < 4.78 is 5.16. The zero-order chi connectivity index (χ0) is 36.4. The number of hydrogen-bond acceptors (Lipinski definition) is 20. The molecule has 0 spiro atoms. The van der Waals surface area contributed by atoms with Gasteiger partial charge in [-0.1, -0.05) is 20.7 Å². The molecule has 0 aliphatic rings. The predicted molar refractivity (Wildman–Crippen MR) is 243 cm³/mol. The molecule has 0 rings (SSSR count). The van der Waals surface area contributed by atoms with Crippen LogP contribution < -0.4 is 190 Å². The van der Waals surface area contributed by atoms with Crippen molar-refractivity contribution >= 4 is 270 Å². The van der Waals surface area contributed by atoms with Crippen LogP contribution in [0.25, 0.3) is 0 Å². The van der Waals surface area contributed by atoms with Gasteiger partial charge in [0.1, 0.15) is 0 Å². The van der Waals surface area contributed by atoms with Gasteiger partial charge in [-0.15, -0.1) is 23.5 Å². The summed E-state index contributed by atoms with van der Waals surface area (Å²) in [5.74, 6) is -2.00. The first-order valence-electron chi connectivity index (χ1n) is 9.17. The Morgan fingerprint density at radius 1 is 0.635 bits per heavy atom. The van der Waals surface area contributed by atoms with E-state index in [9.17, 15) is 19.2 Å². The largest absolute Gasteiger partial charge is 1.00 e. The van der Waals surface area contributed by atoms with Gasteiger partial charge in [-0.25, -0.2) is 4.79 Å². The number of carboxylic acids is 4. The Labute approximate surface area is 548 Å². The first-order valence-corrected chi connectivity index (χ1v) is 17.6. The third-order valence-electron chi connectivity index (χ3n) is 1.57. The molecular formula is C18H25Cl2Na6O8S18+. The number of thiocarbonyl (C=S) groups is 8. The van der Waals surface area contributed by atoms with Gasteiger partial charge in [-0.3, -0.25) is 14.4 Å². The monoisotopic (exact) mass is 1150 g/mol. The van der Waals surface area contributed by atoms with Crippen molar-refractivity contribution in [3.63, 3.8) is 0 Å². The van der Waals surface area contributed by atoms with E-state index >= 15 is 0 Å². The van der Waals surface area contributed by atoms with Crippen LogP contribution in [0.1, 0.15) is 19.3 Å². The molecule has 0 fully saturated rings. The maximum atomic E-state index is 9.89. The Bertz CT molecular complexity index is 834. The summed E-state index contributed by atoms with van der Waals surface area (Å²) >= 11 is 64.0. The van der Waals surface area contributed by atoms with Crippen molar-refractivity contribution in [1.29, 1.82) is 0 Å². The molecule has 4 N–H and O–H groups in total. The van der Waals surface area contributed by atoms with E-state index in [1.54, 1.807) is 0 Å². The van der Waals surface area contributed by atoms with Crippen molar-refractivity contribution in [2.24, 2.45) is 0 Å². The molecule has 0 bridgehead atoms. The number of halogens is 2. The molecule has 0 amide bonds. The maximum Gasteiger partial charge on any atom is 1.00 e. The number of hydrogen-bond donors (Lipinski definition) is 7. The van der Waals surface area contributed by atoms with Crippen molar-refractivity contribution in [2.45, 2.75) is 19.3 Å². The fourth-order valence-corrected chi connectivity index (χ4v) is 2.62. The van der Waals surface area contributed by atoms with Crippen LogP contribution in [0.15, 0.2) is 12.7 Å². The molecule has 0 aliphatic heterocycles. The number of carboxylic acid groups (broad SMARTS) is 4. The van der Waals surface area contributed by atoms with Crippen LogP contribution in [-0.2, 0) is 83.2 Å². The molecule has 0 saturated heterocycles. The fourth-order valence-electron chi connectivity index (χ4n) is 0.539. The SMILES string of the molecule is C=CC(=O)O.O=C(O)CCS.O=C(O)CCSC(=S)[S-].O=C(O)CCSC(=S)[S-].S=C([S-])S.S=C([S-])S.S=C=S.S=C=S.[Cl-].[ClH2+].[Na+].[Na+].[Na+].[Na+].[Na+].[Na+].[SH-]. The van der Waals surface area contributed by atoms with E-state index in [0.29, 0.717) is 24.3 Å². The normalized spacial score (nSPS) is 5.90.